The van der Waals surface area contributed by atoms with Gasteiger partial charge in [-0.3, -0.25) is 14.4 Å². The zero-order valence-electron chi connectivity index (χ0n) is 20.3. The first kappa shape index (κ1) is 27.5. The first-order chi connectivity index (χ1) is 18.5. The number of carbonyl (C=O) groups excluding carboxylic acids is 4. The number of ether oxygens (including phenoxy) is 1. The molecule has 39 heavy (non-hydrogen) atoms. The van der Waals surface area contributed by atoms with Crippen molar-refractivity contribution < 1.29 is 32.3 Å². The van der Waals surface area contributed by atoms with Crippen molar-refractivity contribution >= 4 is 62.4 Å². The van der Waals surface area contributed by atoms with Crippen LogP contribution in [-0.4, -0.2) is 38.7 Å². The number of benzene rings is 3. The molecule has 3 aromatic carbocycles. The van der Waals surface area contributed by atoms with Crippen LogP contribution in [0.4, 0.5) is 17.1 Å². The lowest BCUT2D eigenvalue weighted by atomic mass is 10.2. The Labute approximate surface area is 228 Å². The first-order valence-corrected chi connectivity index (χ1v) is 13.3. The molecule has 0 bridgehead atoms. The monoisotopic (exact) mass is 568 g/mol. The highest BCUT2D eigenvalue weighted by molar-refractivity contribution is 7.89. The van der Waals surface area contributed by atoms with Gasteiger partial charge in [-0.05, 0) is 73.7 Å². The third-order valence-corrected chi connectivity index (χ3v) is 6.78. The molecule has 0 saturated carbocycles. The Morgan fingerprint density at radius 3 is 2.18 bits per heavy atom. The minimum absolute atomic E-state index is 0.0888. The predicted molar refractivity (Wildman–Crippen MR) is 144 cm³/mol. The number of carbonyl (C=O) groups is 4. The second kappa shape index (κ2) is 11.1. The molecule has 3 aromatic rings. The maximum atomic E-state index is 13.1. The van der Waals surface area contributed by atoms with E-state index in [1.807, 2.05) is 0 Å². The normalized spacial score (nSPS) is 13.5. The van der Waals surface area contributed by atoms with E-state index in [0.29, 0.717) is 11.4 Å². The molecule has 1 aliphatic rings. The molecule has 0 radical (unpaired) electrons. The largest absolute Gasteiger partial charge is 0.462 e. The van der Waals surface area contributed by atoms with E-state index in [2.05, 4.69) is 10.6 Å². The molecule has 13 heteroatoms. The average Bonchev–Trinajstić information content (AvgIpc) is 3.12. The SMILES string of the molecule is CCOC(=O)c1cccc(N2C(=O)C(Cl)=C(Nc3ccc(C(=O)Nc4ccc(S(N)(=O)=O)cc4)cc3)C2=O)c1. The summed E-state index contributed by atoms with van der Waals surface area (Å²) < 4.78 is 27.7. The molecule has 4 rings (SSSR count). The predicted octanol–water partition coefficient (Wildman–Crippen LogP) is 3.20. The number of esters is 1. The number of imide groups is 1. The number of nitrogens with two attached hydrogens (primary N) is 1. The Bertz CT molecular complexity index is 1620. The number of halogens is 1. The minimum atomic E-state index is -3.85. The maximum Gasteiger partial charge on any atom is 0.338 e. The number of hydrogen-bond donors (Lipinski definition) is 3. The van der Waals surface area contributed by atoms with Crippen LogP contribution in [0.15, 0.2) is 88.4 Å². The van der Waals surface area contributed by atoms with Gasteiger partial charge in [-0.2, -0.15) is 0 Å². The minimum Gasteiger partial charge on any atom is -0.462 e. The van der Waals surface area contributed by atoms with Crippen molar-refractivity contribution in [3.63, 3.8) is 0 Å². The molecule has 11 nitrogen and oxygen atoms in total. The van der Waals surface area contributed by atoms with Gasteiger partial charge in [0.2, 0.25) is 10.0 Å². The Balaban J connectivity index is 1.46. The van der Waals surface area contributed by atoms with Crippen LogP contribution in [-0.2, 0) is 24.3 Å². The van der Waals surface area contributed by atoms with Crippen molar-refractivity contribution in [3.8, 4) is 0 Å². The number of nitrogens with one attached hydrogen (secondary N) is 2. The van der Waals surface area contributed by atoms with Gasteiger partial charge in [0, 0.05) is 16.9 Å². The second-order valence-corrected chi connectivity index (χ2v) is 10.1. The summed E-state index contributed by atoms with van der Waals surface area (Å²) in [5.74, 6) is -2.56. The summed E-state index contributed by atoms with van der Waals surface area (Å²) in [7, 11) is -3.85. The van der Waals surface area contributed by atoms with Crippen LogP contribution in [0.25, 0.3) is 0 Å². The molecule has 4 N–H and O–H groups in total. The molecule has 1 heterocycles. The van der Waals surface area contributed by atoms with Crippen molar-refractivity contribution in [2.75, 3.05) is 22.1 Å². The lowest BCUT2D eigenvalue weighted by molar-refractivity contribution is -0.120. The summed E-state index contributed by atoms with van der Waals surface area (Å²) in [5.41, 5.74) is 1.14. The summed E-state index contributed by atoms with van der Waals surface area (Å²) in [6, 6.07) is 17.2. The molecular formula is C26H21ClN4O7S. The molecule has 0 aromatic heterocycles. The van der Waals surface area contributed by atoms with E-state index in [9.17, 15) is 27.6 Å². The average molecular weight is 569 g/mol. The fraction of sp³-hybridized carbons (Fsp3) is 0.0769. The third kappa shape index (κ3) is 5.98. The number of sulfonamides is 1. The van der Waals surface area contributed by atoms with Crippen molar-refractivity contribution in [1.29, 1.82) is 0 Å². The van der Waals surface area contributed by atoms with Crippen molar-refractivity contribution in [1.82, 2.24) is 0 Å². The molecule has 0 spiro atoms. The van der Waals surface area contributed by atoms with Crippen LogP contribution in [0, 0.1) is 0 Å². The topological polar surface area (TPSA) is 165 Å². The van der Waals surface area contributed by atoms with Gasteiger partial charge in [0.1, 0.15) is 10.7 Å². The van der Waals surface area contributed by atoms with Gasteiger partial charge in [0.15, 0.2) is 0 Å². The molecule has 0 fully saturated rings. The Morgan fingerprint density at radius 1 is 0.923 bits per heavy atom. The number of anilines is 3. The highest BCUT2D eigenvalue weighted by Crippen LogP contribution is 2.31. The zero-order valence-corrected chi connectivity index (χ0v) is 21.9. The van der Waals surface area contributed by atoms with Gasteiger partial charge in [-0.25, -0.2) is 23.3 Å². The van der Waals surface area contributed by atoms with E-state index in [-0.39, 0.29) is 39.0 Å². The van der Waals surface area contributed by atoms with Gasteiger partial charge >= 0.3 is 5.97 Å². The fourth-order valence-corrected chi connectivity index (χ4v) is 4.34. The quantitative estimate of drug-likeness (QED) is 0.275. The molecular weight excluding hydrogens is 548 g/mol. The number of primary sulfonamides is 1. The fourth-order valence-electron chi connectivity index (χ4n) is 3.61. The van der Waals surface area contributed by atoms with Gasteiger partial charge in [-0.15, -0.1) is 0 Å². The van der Waals surface area contributed by atoms with E-state index < -0.39 is 33.7 Å². The lowest BCUT2D eigenvalue weighted by Gasteiger charge is -2.16. The van der Waals surface area contributed by atoms with Crippen molar-refractivity contribution in [2.45, 2.75) is 11.8 Å². The Morgan fingerprint density at radius 2 is 1.56 bits per heavy atom. The Hall–Kier alpha value is -4.52. The van der Waals surface area contributed by atoms with Gasteiger partial charge in [0.05, 0.1) is 22.8 Å². The number of amides is 3. The van der Waals surface area contributed by atoms with E-state index in [4.69, 9.17) is 21.5 Å². The third-order valence-electron chi connectivity index (χ3n) is 5.50. The maximum absolute atomic E-state index is 13.1. The summed E-state index contributed by atoms with van der Waals surface area (Å²) in [6.07, 6.45) is 0. The molecule has 3 amide bonds. The summed E-state index contributed by atoms with van der Waals surface area (Å²) in [5, 5.41) is 10.2. The standard InChI is InChI=1S/C26H21ClN4O7S/c1-2-38-26(35)16-4-3-5-19(14-16)31-24(33)21(27)22(25(31)34)29-17-8-6-15(7-9-17)23(32)30-18-10-12-20(13-11-18)39(28,36)37/h3-14,29H,2H2,1H3,(H,30,32)(H2,28,36,37). The number of rotatable bonds is 8. The molecule has 200 valence electrons. The zero-order chi connectivity index (χ0) is 28.3. The van der Waals surface area contributed by atoms with Gasteiger partial charge in [-0.1, -0.05) is 17.7 Å². The molecule has 0 saturated heterocycles. The highest BCUT2D eigenvalue weighted by atomic mass is 35.5. The molecule has 0 aliphatic carbocycles. The molecule has 0 atom stereocenters. The smallest absolute Gasteiger partial charge is 0.338 e. The van der Waals surface area contributed by atoms with Crippen molar-refractivity contribution in [2.24, 2.45) is 5.14 Å². The van der Waals surface area contributed by atoms with E-state index >= 15 is 0 Å². The van der Waals surface area contributed by atoms with Crippen LogP contribution >= 0.6 is 11.6 Å². The first-order valence-electron chi connectivity index (χ1n) is 11.4. The van der Waals surface area contributed by atoms with Crippen LogP contribution in [0.3, 0.4) is 0 Å². The second-order valence-electron chi connectivity index (χ2n) is 8.13. The van der Waals surface area contributed by atoms with Gasteiger partial charge in [0.25, 0.3) is 17.7 Å². The van der Waals surface area contributed by atoms with E-state index in [1.165, 1.54) is 72.8 Å². The summed E-state index contributed by atoms with van der Waals surface area (Å²) in [4.78, 5) is 51.2. The number of nitrogens with zero attached hydrogens (tertiary/aromatic N) is 1. The van der Waals surface area contributed by atoms with Crippen LogP contribution in [0.2, 0.25) is 0 Å². The van der Waals surface area contributed by atoms with E-state index in [0.717, 1.165) is 4.90 Å². The number of hydrogen-bond acceptors (Lipinski definition) is 8. The lowest BCUT2D eigenvalue weighted by Crippen LogP contribution is -2.32. The molecule has 0 unspecified atom stereocenters. The van der Waals surface area contributed by atoms with Gasteiger partial charge < -0.3 is 15.4 Å². The van der Waals surface area contributed by atoms with Crippen LogP contribution < -0.4 is 20.7 Å². The summed E-state index contributed by atoms with van der Waals surface area (Å²) in [6.45, 7) is 1.83. The van der Waals surface area contributed by atoms with E-state index in [1.54, 1.807) is 6.92 Å². The molecule has 1 aliphatic heterocycles. The Kier molecular flexibility index (Phi) is 7.81. The highest BCUT2D eigenvalue weighted by Gasteiger charge is 2.39. The van der Waals surface area contributed by atoms with Crippen LogP contribution in [0.5, 0.6) is 0 Å². The van der Waals surface area contributed by atoms with Crippen LogP contribution in [0.1, 0.15) is 27.6 Å². The van der Waals surface area contributed by atoms with Crippen molar-refractivity contribution in [3.05, 3.63) is 94.7 Å². The summed E-state index contributed by atoms with van der Waals surface area (Å²) >= 11 is 6.19.